The van der Waals surface area contributed by atoms with Crippen LogP contribution in [0, 0.1) is 0 Å². The number of imide groups is 1. The highest BCUT2D eigenvalue weighted by Crippen LogP contribution is 2.31. The summed E-state index contributed by atoms with van der Waals surface area (Å²) in [5.41, 5.74) is 1.17. The first-order chi connectivity index (χ1) is 12.9. The van der Waals surface area contributed by atoms with Gasteiger partial charge in [0, 0.05) is 20.7 Å². The third-order valence-electron chi connectivity index (χ3n) is 3.39. The summed E-state index contributed by atoms with van der Waals surface area (Å²) >= 11 is 9.98. The van der Waals surface area contributed by atoms with E-state index in [0.29, 0.717) is 22.0 Å². The Labute approximate surface area is 172 Å². The molecule has 0 saturated carbocycles. The van der Waals surface area contributed by atoms with Crippen molar-refractivity contribution < 1.29 is 19.1 Å². The van der Waals surface area contributed by atoms with Crippen LogP contribution < -0.4 is 15.4 Å². The Balaban J connectivity index is 1.70. The molecule has 0 aromatic heterocycles. The first-order valence-electron chi connectivity index (χ1n) is 7.63. The second kappa shape index (κ2) is 8.60. The Morgan fingerprint density at radius 1 is 1.22 bits per heavy atom. The third-order valence-corrected chi connectivity index (χ3v) is 4.94. The zero-order chi connectivity index (χ0) is 19.4. The molecule has 138 valence electrons. The van der Waals surface area contributed by atoms with E-state index in [1.54, 1.807) is 48.5 Å². The zero-order valence-electron chi connectivity index (χ0n) is 13.6. The smallest absolute Gasteiger partial charge is 0.290 e. The van der Waals surface area contributed by atoms with Crippen LogP contribution in [-0.2, 0) is 9.59 Å². The summed E-state index contributed by atoms with van der Waals surface area (Å²) < 4.78 is 6.36. The van der Waals surface area contributed by atoms with E-state index in [1.807, 2.05) is 0 Å². The number of rotatable bonds is 5. The maximum absolute atomic E-state index is 12.1. The average Bonchev–Trinajstić information content (AvgIpc) is 2.93. The lowest BCUT2D eigenvalue weighted by Crippen LogP contribution is -2.20. The normalized spacial score (nSPS) is 15.0. The van der Waals surface area contributed by atoms with Gasteiger partial charge in [-0.15, -0.1) is 0 Å². The Kier molecular flexibility index (Phi) is 6.20. The molecule has 0 spiro atoms. The lowest BCUT2D eigenvalue weighted by atomic mass is 10.2. The van der Waals surface area contributed by atoms with Crippen molar-refractivity contribution in [3.8, 4) is 5.75 Å². The molecular formula is C18H12BrClN2O4S. The van der Waals surface area contributed by atoms with E-state index in [-0.39, 0.29) is 17.4 Å². The molecule has 27 heavy (non-hydrogen) atoms. The van der Waals surface area contributed by atoms with E-state index in [1.165, 1.54) is 0 Å². The molecule has 1 saturated heterocycles. The largest absolute Gasteiger partial charge is 0.483 e. The number of halogens is 2. The molecule has 3 rings (SSSR count). The molecule has 6 nitrogen and oxygen atoms in total. The van der Waals surface area contributed by atoms with Crippen LogP contribution in [0.4, 0.5) is 10.5 Å². The fraction of sp³-hybridized carbons (Fsp3) is 0.0556. The third kappa shape index (κ3) is 5.35. The van der Waals surface area contributed by atoms with Gasteiger partial charge in [0.2, 0.25) is 0 Å². The SMILES string of the molecule is O=C(COc1ccc(Br)cc1/C=C1\SC(=O)NC1=O)Nc1ccc(Cl)cc1. The van der Waals surface area contributed by atoms with E-state index in [9.17, 15) is 14.4 Å². The Bertz CT molecular complexity index is 947. The van der Waals surface area contributed by atoms with Gasteiger partial charge in [-0.05, 0) is 60.3 Å². The highest BCUT2D eigenvalue weighted by Gasteiger charge is 2.25. The van der Waals surface area contributed by atoms with Gasteiger partial charge >= 0.3 is 0 Å². The molecule has 1 heterocycles. The molecule has 3 amide bonds. The zero-order valence-corrected chi connectivity index (χ0v) is 16.8. The van der Waals surface area contributed by atoms with Gasteiger partial charge in [-0.3, -0.25) is 19.7 Å². The number of hydrogen-bond acceptors (Lipinski definition) is 5. The number of anilines is 1. The fourth-order valence-electron chi connectivity index (χ4n) is 2.20. The molecule has 2 N–H and O–H groups in total. The molecule has 2 aromatic carbocycles. The highest BCUT2D eigenvalue weighted by molar-refractivity contribution is 9.10. The van der Waals surface area contributed by atoms with Crippen molar-refractivity contribution in [3.63, 3.8) is 0 Å². The highest BCUT2D eigenvalue weighted by atomic mass is 79.9. The molecule has 1 aliphatic rings. The molecule has 0 aliphatic carbocycles. The van der Waals surface area contributed by atoms with Gasteiger partial charge < -0.3 is 10.1 Å². The Hall–Kier alpha value is -2.29. The van der Waals surface area contributed by atoms with Crippen molar-refractivity contribution in [3.05, 3.63) is 62.4 Å². The van der Waals surface area contributed by atoms with Crippen molar-refractivity contribution in [2.24, 2.45) is 0 Å². The fourth-order valence-corrected chi connectivity index (χ4v) is 3.38. The number of ether oxygens (including phenoxy) is 1. The number of hydrogen-bond donors (Lipinski definition) is 2. The minimum Gasteiger partial charge on any atom is -0.483 e. The quantitative estimate of drug-likeness (QED) is 0.635. The van der Waals surface area contributed by atoms with Crippen LogP contribution in [0.3, 0.4) is 0 Å². The summed E-state index contributed by atoms with van der Waals surface area (Å²) in [4.78, 5) is 35.4. The summed E-state index contributed by atoms with van der Waals surface area (Å²) in [6, 6.07) is 11.9. The minimum absolute atomic E-state index is 0.224. The van der Waals surface area contributed by atoms with Crippen LogP contribution in [-0.4, -0.2) is 23.7 Å². The molecule has 0 bridgehead atoms. The van der Waals surface area contributed by atoms with Crippen molar-refractivity contribution >= 4 is 68.1 Å². The summed E-state index contributed by atoms with van der Waals surface area (Å²) in [7, 11) is 0. The number of carbonyl (C=O) groups excluding carboxylic acids is 3. The van der Waals surface area contributed by atoms with E-state index >= 15 is 0 Å². The van der Waals surface area contributed by atoms with Gasteiger partial charge in [-0.1, -0.05) is 27.5 Å². The topological polar surface area (TPSA) is 84.5 Å². The molecular weight excluding hydrogens is 456 g/mol. The molecule has 0 atom stereocenters. The number of carbonyl (C=O) groups is 3. The predicted molar refractivity (Wildman–Crippen MR) is 109 cm³/mol. The van der Waals surface area contributed by atoms with E-state index in [0.717, 1.165) is 16.2 Å². The maximum Gasteiger partial charge on any atom is 0.290 e. The summed E-state index contributed by atoms with van der Waals surface area (Å²) in [5.74, 6) is -0.400. The number of amides is 3. The van der Waals surface area contributed by atoms with Crippen LogP contribution in [0.25, 0.3) is 6.08 Å². The molecule has 1 aliphatic heterocycles. The average molecular weight is 468 g/mol. The number of thioether (sulfide) groups is 1. The maximum atomic E-state index is 12.1. The van der Waals surface area contributed by atoms with Gasteiger partial charge in [0.25, 0.3) is 17.1 Å². The lowest BCUT2D eigenvalue weighted by Gasteiger charge is -2.11. The van der Waals surface area contributed by atoms with Crippen molar-refractivity contribution in [2.75, 3.05) is 11.9 Å². The molecule has 0 unspecified atom stereocenters. The van der Waals surface area contributed by atoms with Gasteiger partial charge in [-0.25, -0.2) is 0 Å². The summed E-state index contributed by atoms with van der Waals surface area (Å²) in [6.07, 6.45) is 1.54. The number of nitrogens with one attached hydrogen (secondary N) is 2. The van der Waals surface area contributed by atoms with Crippen LogP contribution in [0.2, 0.25) is 5.02 Å². The Morgan fingerprint density at radius 3 is 2.63 bits per heavy atom. The summed E-state index contributed by atoms with van der Waals surface area (Å²) in [6.45, 7) is -0.224. The first kappa shape index (κ1) is 19.5. The van der Waals surface area contributed by atoms with Crippen molar-refractivity contribution in [1.29, 1.82) is 0 Å². The molecule has 2 aromatic rings. The van der Waals surface area contributed by atoms with E-state index < -0.39 is 11.1 Å². The number of benzene rings is 2. The first-order valence-corrected chi connectivity index (χ1v) is 9.62. The predicted octanol–water partition coefficient (Wildman–Crippen LogP) is 4.44. The second-order valence-corrected chi connectivity index (χ2v) is 7.74. The van der Waals surface area contributed by atoms with Gasteiger partial charge in [-0.2, -0.15) is 0 Å². The van der Waals surface area contributed by atoms with Crippen LogP contribution in [0.1, 0.15) is 5.56 Å². The second-order valence-electron chi connectivity index (χ2n) is 5.38. The van der Waals surface area contributed by atoms with Gasteiger partial charge in [0.05, 0.1) is 4.91 Å². The molecule has 1 fully saturated rings. The molecule has 0 radical (unpaired) electrons. The van der Waals surface area contributed by atoms with E-state index in [2.05, 4.69) is 26.6 Å². The van der Waals surface area contributed by atoms with Crippen molar-refractivity contribution in [1.82, 2.24) is 5.32 Å². The molecule has 9 heteroatoms. The van der Waals surface area contributed by atoms with Gasteiger partial charge in [0.1, 0.15) is 5.75 Å². The monoisotopic (exact) mass is 466 g/mol. The standard InChI is InChI=1S/C18H12BrClN2O4S/c19-11-1-6-14(10(7-11)8-15-17(24)22-18(25)27-15)26-9-16(23)21-13-4-2-12(20)3-5-13/h1-8H,9H2,(H,21,23)(H,22,24,25)/b15-8-. The van der Waals surface area contributed by atoms with Crippen LogP contribution in [0.15, 0.2) is 51.8 Å². The van der Waals surface area contributed by atoms with Crippen LogP contribution in [0.5, 0.6) is 5.75 Å². The van der Waals surface area contributed by atoms with Gasteiger partial charge in [0.15, 0.2) is 6.61 Å². The van der Waals surface area contributed by atoms with E-state index in [4.69, 9.17) is 16.3 Å². The lowest BCUT2D eigenvalue weighted by molar-refractivity contribution is -0.118. The van der Waals surface area contributed by atoms with Crippen LogP contribution >= 0.6 is 39.3 Å². The Morgan fingerprint density at radius 2 is 1.96 bits per heavy atom. The van der Waals surface area contributed by atoms with Crippen molar-refractivity contribution in [2.45, 2.75) is 0 Å². The minimum atomic E-state index is -0.462. The summed E-state index contributed by atoms with van der Waals surface area (Å²) in [5, 5.41) is 5.04.